The standard InChI is InChI=1S/C12H24S/c1-2-3-4-5-6-7-8-11-13-12-9-10-12/h12H,2-11H2,1H3. The third kappa shape index (κ3) is 7.42. The van der Waals surface area contributed by atoms with Gasteiger partial charge in [-0.25, -0.2) is 0 Å². The minimum Gasteiger partial charge on any atom is -0.159 e. The maximum absolute atomic E-state index is 2.28. The van der Waals surface area contributed by atoms with E-state index >= 15 is 0 Å². The highest BCUT2D eigenvalue weighted by Gasteiger charge is 2.20. The molecule has 0 heterocycles. The van der Waals surface area contributed by atoms with Crippen molar-refractivity contribution in [2.75, 3.05) is 5.75 Å². The fourth-order valence-corrected chi connectivity index (χ4v) is 2.72. The topological polar surface area (TPSA) is 0 Å². The lowest BCUT2D eigenvalue weighted by Crippen LogP contribution is -1.84. The van der Waals surface area contributed by atoms with E-state index in [0.29, 0.717) is 0 Å². The first-order valence-electron chi connectivity index (χ1n) is 6.05. The van der Waals surface area contributed by atoms with E-state index in [1.165, 1.54) is 63.5 Å². The fourth-order valence-electron chi connectivity index (χ4n) is 1.54. The molecular formula is C12H24S. The number of hydrogen-bond acceptors (Lipinski definition) is 1. The second-order valence-electron chi connectivity index (χ2n) is 4.19. The SMILES string of the molecule is CCCCCCCCCSC1CC1. The molecule has 1 aliphatic carbocycles. The highest BCUT2D eigenvalue weighted by Crippen LogP contribution is 2.34. The molecular weight excluding hydrogens is 176 g/mol. The molecule has 0 spiro atoms. The van der Waals surface area contributed by atoms with Gasteiger partial charge in [0.1, 0.15) is 0 Å². The Labute approximate surface area is 87.9 Å². The van der Waals surface area contributed by atoms with Crippen LogP contribution < -0.4 is 0 Å². The molecule has 0 saturated heterocycles. The maximum Gasteiger partial charge on any atom is 0.00478 e. The largest absolute Gasteiger partial charge is 0.159 e. The molecule has 1 saturated carbocycles. The summed E-state index contributed by atoms with van der Waals surface area (Å²) < 4.78 is 0. The van der Waals surface area contributed by atoms with Crippen LogP contribution in [-0.4, -0.2) is 11.0 Å². The summed E-state index contributed by atoms with van der Waals surface area (Å²) in [7, 11) is 0. The molecule has 1 aliphatic rings. The zero-order valence-corrected chi connectivity index (χ0v) is 9.87. The van der Waals surface area contributed by atoms with Crippen LogP contribution >= 0.6 is 11.8 Å². The van der Waals surface area contributed by atoms with Gasteiger partial charge in [0, 0.05) is 5.25 Å². The Morgan fingerprint density at radius 3 is 2.15 bits per heavy atom. The molecule has 0 N–H and O–H groups in total. The van der Waals surface area contributed by atoms with Gasteiger partial charge in [-0.2, -0.15) is 11.8 Å². The minimum atomic E-state index is 1.07. The normalized spacial score (nSPS) is 16.4. The van der Waals surface area contributed by atoms with Crippen LogP contribution in [-0.2, 0) is 0 Å². The van der Waals surface area contributed by atoms with Gasteiger partial charge in [-0.1, -0.05) is 45.4 Å². The van der Waals surface area contributed by atoms with Gasteiger partial charge < -0.3 is 0 Å². The number of thioether (sulfide) groups is 1. The van der Waals surface area contributed by atoms with Gasteiger partial charge in [0.2, 0.25) is 0 Å². The Hall–Kier alpha value is 0.350. The smallest absolute Gasteiger partial charge is 0.00478 e. The number of rotatable bonds is 9. The third-order valence-corrected chi connectivity index (χ3v) is 4.09. The third-order valence-electron chi connectivity index (χ3n) is 2.63. The molecule has 0 aromatic carbocycles. The molecule has 0 aromatic heterocycles. The predicted molar refractivity (Wildman–Crippen MR) is 63.5 cm³/mol. The Bertz CT molecular complexity index is 108. The second-order valence-corrected chi connectivity index (χ2v) is 5.60. The van der Waals surface area contributed by atoms with E-state index in [4.69, 9.17) is 0 Å². The van der Waals surface area contributed by atoms with Crippen LogP contribution in [0.2, 0.25) is 0 Å². The molecule has 0 radical (unpaired) electrons. The van der Waals surface area contributed by atoms with Crippen LogP contribution in [0.15, 0.2) is 0 Å². The highest BCUT2D eigenvalue weighted by molar-refractivity contribution is 8.00. The summed E-state index contributed by atoms with van der Waals surface area (Å²) in [6.45, 7) is 2.28. The molecule has 0 atom stereocenters. The number of unbranched alkanes of at least 4 members (excludes halogenated alkanes) is 6. The maximum atomic E-state index is 2.28. The summed E-state index contributed by atoms with van der Waals surface area (Å²) >= 11 is 2.21. The van der Waals surface area contributed by atoms with E-state index in [-0.39, 0.29) is 0 Å². The van der Waals surface area contributed by atoms with Gasteiger partial charge in [0.05, 0.1) is 0 Å². The first kappa shape index (κ1) is 11.4. The molecule has 78 valence electrons. The molecule has 0 amide bonds. The van der Waals surface area contributed by atoms with Crippen LogP contribution in [0.4, 0.5) is 0 Å². The summed E-state index contributed by atoms with van der Waals surface area (Å²) in [5.74, 6) is 1.43. The van der Waals surface area contributed by atoms with Gasteiger partial charge in [-0.3, -0.25) is 0 Å². The molecule has 1 fully saturated rings. The van der Waals surface area contributed by atoms with Crippen LogP contribution in [0, 0.1) is 0 Å². The van der Waals surface area contributed by atoms with Gasteiger partial charge in [-0.05, 0) is 25.0 Å². The van der Waals surface area contributed by atoms with E-state index < -0.39 is 0 Å². The zero-order valence-electron chi connectivity index (χ0n) is 9.06. The van der Waals surface area contributed by atoms with Crippen molar-refractivity contribution in [3.63, 3.8) is 0 Å². The van der Waals surface area contributed by atoms with E-state index in [2.05, 4.69) is 18.7 Å². The van der Waals surface area contributed by atoms with Crippen molar-refractivity contribution < 1.29 is 0 Å². The Balaban J connectivity index is 1.63. The average molecular weight is 200 g/mol. The summed E-state index contributed by atoms with van der Waals surface area (Å²) in [6.07, 6.45) is 13.2. The molecule has 0 aromatic rings. The zero-order chi connectivity index (χ0) is 9.36. The van der Waals surface area contributed by atoms with E-state index in [0.717, 1.165) is 5.25 Å². The summed E-state index contributed by atoms with van der Waals surface area (Å²) in [4.78, 5) is 0. The Morgan fingerprint density at radius 1 is 0.923 bits per heavy atom. The van der Waals surface area contributed by atoms with Gasteiger partial charge in [0.25, 0.3) is 0 Å². The fraction of sp³-hybridized carbons (Fsp3) is 1.00. The van der Waals surface area contributed by atoms with E-state index in [1.807, 2.05) is 0 Å². The van der Waals surface area contributed by atoms with Crippen molar-refractivity contribution in [3.8, 4) is 0 Å². The average Bonchev–Trinajstić information content (AvgIpc) is 2.93. The second kappa shape index (κ2) is 7.73. The van der Waals surface area contributed by atoms with Crippen LogP contribution in [0.25, 0.3) is 0 Å². The van der Waals surface area contributed by atoms with Crippen LogP contribution in [0.5, 0.6) is 0 Å². The van der Waals surface area contributed by atoms with Crippen molar-refractivity contribution in [3.05, 3.63) is 0 Å². The van der Waals surface area contributed by atoms with Crippen molar-refractivity contribution in [2.24, 2.45) is 0 Å². The Kier molecular flexibility index (Phi) is 6.79. The lowest BCUT2D eigenvalue weighted by molar-refractivity contribution is 0.603. The molecule has 13 heavy (non-hydrogen) atoms. The van der Waals surface area contributed by atoms with Gasteiger partial charge in [-0.15, -0.1) is 0 Å². The summed E-state index contributed by atoms with van der Waals surface area (Å²) in [5, 5.41) is 1.07. The predicted octanol–water partition coefficient (Wildman–Crippen LogP) is 4.63. The van der Waals surface area contributed by atoms with Crippen LogP contribution in [0.1, 0.15) is 64.7 Å². The molecule has 0 nitrogen and oxygen atoms in total. The number of hydrogen-bond donors (Lipinski definition) is 0. The first-order valence-corrected chi connectivity index (χ1v) is 7.10. The lowest BCUT2D eigenvalue weighted by Gasteiger charge is -2.00. The van der Waals surface area contributed by atoms with Crippen molar-refractivity contribution in [1.82, 2.24) is 0 Å². The minimum absolute atomic E-state index is 1.07. The summed E-state index contributed by atoms with van der Waals surface area (Å²) in [5.41, 5.74) is 0. The van der Waals surface area contributed by atoms with Crippen molar-refractivity contribution in [2.45, 2.75) is 70.0 Å². The molecule has 1 rings (SSSR count). The van der Waals surface area contributed by atoms with Crippen molar-refractivity contribution >= 4 is 11.8 Å². The Morgan fingerprint density at radius 2 is 1.54 bits per heavy atom. The molecule has 0 bridgehead atoms. The van der Waals surface area contributed by atoms with Crippen LogP contribution in [0.3, 0.4) is 0 Å². The monoisotopic (exact) mass is 200 g/mol. The van der Waals surface area contributed by atoms with E-state index in [1.54, 1.807) is 0 Å². The molecule has 0 aliphatic heterocycles. The van der Waals surface area contributed by atoms with Gasteiger partial charge >= 0.3 is 0 Å². The summed E-state index contributed by atoms with van der Waals surface area (Å²) in [6, 6.07) is 0. The first-order chi connectivity index (χ1) is 6.43. The van der Waals surface area contributed by atoms with Crippen molar-refractivity contribution in [1.29, 1.82) is 0 Å². The van der Waals surface area contributed by atoms with Gasteiger partial charge in [0.15, 0.2) is 0 Å². The highest BCUT2D eigenvalue weighted by atomic mass is 32.2. The molecule has 0 unspecified atom stereocenters. The lowest BCUT2D eigenvalue weighted by atomic mass is 10.1. The quantitative estimate of drug-likeness (QED) is 0.489. The van der Waals surface area contributed by atoms with E-state index in [9.17, 15) is 0 Å². The molecule has 1 heteroatoms.